The lowest BCUT2D eigenvalue weighted by Gasteiger charge is -2.22. The van der Waals surface area contributed by atoms with Crippen LogP contribution in [0.25, 0.3) is 0 Å². The van der Waals surface area contributed by atoms with Gasteiger partial charge in [-0.1, -0.05) is 12.1 Å². The van der Waals surface area contributed by atoms with Crippen LogP contribution in [-0.4, -0.2) is 28.4 Å². The molecule has 0 amide bonds. The minimum atomic E-state index is -0.650. The van der Waals surface area contributed by atoms with Gasteiger partial charge >= 0.3 is 0 Å². The van der Waals surface area contributed by atoms with Gasteiger partial charge in [0.2, 0.25) is 0 Å². The maximum atomic E-state index is 11.1. The van der Waals surface area contributed by atoms with Crippen molar-refractivity contribution in [1.29, 1.82) is 5.26 Å². The zero-order chi connectivity index (χ0) is 15.9. The van der Waals surface area contributed by atoms with Crippen molar-refractivity contribution in [2.45, 2.75) is 12.5 Å². The molecule has 0 aliphatic carbocycles. The van der Waals surface area contributed by atoms with Crippen LogP contribution in [0.1, 0.15) is 17.2 Å². The fourth-order valence-corrected chi connectivity index (χ4v) is 2.27. The summed E-state index contributed by atoms with van der Waals surface area (Å²) >= 11 is 0. The largest absolute Gasteiger partial charge is 0.287 e. The molecule has 1 unspecified atom stereocenters. The van der Waals surface area contributed by atoms with Crippen molar-refractivity contribution < 1.29 is 4.92 Å². The number of aromatic nitrogens is 1. The van der Waals surface area contributed by atoms with Crippen molar-refractivity contribution in [2.75, 3.05) is 13.6 Å². The van der Waals surface area contributed by atoms with Crippen molar-refractivity contribution in [3.8, 4) is 6.07 Å². The lowest BCUT2D eigenvalue weighted by Crippen LogP contribution is -2.26. The molecular weight excluding hydrogens is 280 g/mol. The molecule has 1 aromatic carbocycles. The molecule has 2 rings (SSSR count). The Morgan fingerprint density at radius 3 is 2.64 bits per heavy atom. The first kappa shape index (κ1) is 15.6. The summed E-state index contributed by atoms with van der Waals surface area (Å²) < 4.78 is 0. The number of benzene rings is 1. The third-order valence-electron chi connectivity index (χ3n) is 3.49. The van der Waals surface area contributed by atoms with Crippen LogP contribution in [0.4, 0.5) is 5.69 Å². The van der Waals surface area contributed by atoms with Crippen LogP contribution >= 0.6 is 0 Å². The molecule has 0 radical (unpaired) electrons. The Bertz CT molecular complexity index is 682. The number of hydrogen-bond acceptors (Lipinski definition) is 5. The van der Waals surface area contributed by atoms with Gasteiger partial charge in [-0.25, -0.2) is 0 Å². The van der Waals surface area contributed by atoms with Crippen molar-refractivity contribution in [1.82, 2.24) is 9.88 Å². The predicted molar refractivity (Wildman–Crippen MR) is 82.0 cm³/mol. The van der Waals surface area contributed by atoms with Crippen LogP contribution in [0.3, 0.4) is 0 Å². The molecule has 112 valence electrons. The van der Waals surface area contributed by atoms with Crippen LogP contribution in [-0.2, 0) is 6.42 Å². The van der Waals surface area contributed by atoms with E-state index < -0.39 is 11.0 Å². The van der Waals surface area contributed by atoms with Gasteiger partial charge in [0.25, 0.3) is 5.69 Å². The van der Waals surface area contributed by atoms with Crippen molar-refractivity contribution in [2.24, 2.45) is 0 Å². The average molecular weight is 296 g/mol. The second kappa shape index (κ2) is 7.29. The van der Waals surface area contributed by atoms with Crippen LogP contribution in [0, 0.1) is 21.4 Å². The zero-order valence-electron chi connectivity index (χ0n) is 12.2. The van der Waals surface area contributed by atoms with Gasteiger partial charge in [-0.15, -0.1) is 0 Å². The first-order valence-corrected chi connectivity index (χ1v) is 6.85. The Kier molecular flexibility index (Phi) is 5.17. The van der Waals surface area contributed by atoms with Gasteiger partial charge < -0.3 is 0 Å². The molecule has 1 heterocycles. The van der Waals surface area contributed by atoms with E-state index >= 15 is 0 Å². The van der Waals surface area contributed by atoms with E-state index in [-0.39, 0.29) is 5.69 Å². The standard InChI is InChI=1S/C16H16N4O2/c1-19(11-8-13-6-9-18-10-7-13)16(12-17)14-4-2-3-5-15(14)20(21)22/h2-7,9-10,16H,8,11H2,1H3. The van der Waals surface area contributed by atoms with E-state index in [1.807, 2.05) is 17.0 Å². The van der Waals surface area contributed by atoms with Gasteiger partial charge in [0.15, 0.2) is 0 Å². The van der Waals surface area contributed by atoms with Gasteiger partial charge in [-0.05, 0) is 37.2 Å². The Morgan fingerprint density at radius 1 is 1.32 bits per heavy atom. The Labute approximate surface area is 128 Å². The third-order valence-corrected chi connectivity index (χ3v) is 3.49. The summed E-state index contributed by atoms with van der Waals surface area (Å²) in [5, 5.41) is 20.5. The molecule has 22 heavy (non-hydrogen) atoms. The maximum Gasteiger partial charge on any atom is 0.275 e. The van der Waals surface area contributed by atoms with Gasteiger partial charge in [0.05, 0.1) is 16.6 Å². The van der Waals surface area contributed by atoms with Crippen LogP contribution in [0.2, 0.25) is 0 Å². The Hall–Kier alpha value is -2.78. The molecule has 0 saturated carbocycles. The smallest absolute Gasteiger partial charge is 0.275 e. The molecule has 0 aliphatic rings. The molecule has 0 spiro atoms. The number of likely N-dealkylation sites (N-methyl/N-ethyl adjacent to an activating group) is 1. The van der Waals surface area contributed by atoms with Crippen LogP contribution in [0.15, 0.2) is 48.8 Å². The zero-order valence-corrected chi connectivity index (χ0v) is 12.2. The lowest BCUT2D eigenvalue weighted by atomic mass is 10.0. The minimum absolute atomic E-state index is 0.0233. The van der Waals surface area contributed by atoms with E-state index in [4.69, 9.17) is 0 Å². The van der Waals surface area contributed by atoms with Crippen LogP contribution in [0.5, 0.6) is 0 Å². The molecule has 2 aromatic rings. The third kappa shape index (κ3) is 3.65. The van der Waals surface area contributed by atoms with Crippen molar-refractivity contribution >= 4 is 5.69 Å². The monoisotopic (exact) mass is 296 g/mol. The minimum Gasteiger partial charge on any atom is -0.287 e. The maximum absolute atomic E-state index is 11.1. The molecule has 0 aliphatic heterocycles. The van der Waals surface area contributed by atoms with Gasteiger partial charge in [0, 0.05) is 25.0 Å². The summed E-state index contributed by atoms with van der Waals surface area (Å²) in [4.78, 5) is 16.5. The highest BCUT2D eigenvalue weighted by atomic mass is 16.6. The molecule has 6 heteroatoms. The molecule has 6 nitrogen and oxygen atoms in total. The number of nitrogens with zero attached hydrogens (tertiary/aromatic N) is 4. The highest BCUT2D eigenvalue weighted by Gasteiger charge is 2.24. The highest BCUT2D eigenvalue weighted by molar-refractivity contribution is 5.44. The van der Waals surface area contributed by atoms with Crippen LogP contribution < -0.4 is 0 Å². The van der Waals surface area contributed by atoms with Gasteiger partial charge in [-0.2, -0.15) is 5.26 Å². The number of nitro benzene ring substituents is 1. The number of rotatable bonds is 6. The molecule has 1 atom stereocenters. The molecule has 0 saturated heterocycles. The van der Waals surface area contributed by atoms with E-state index in [0.29, 0.717) is 12.1 Å². The molecule has 0 bridgehead atoms. The fourth-order valence-electron chi connectivity index (χ4n) is 2.27. The van der Waals surface area contributed by atoms with E-state index in [1.165, 1.54) is 6.07 Å². The molecular formula is C16H16N4O2. The summed E-state index contributed by atoms with van der Waals surface area (Å²) in [6, 6.07) is 11.7. The van der Waals surface area contributed by atoms with E-state index in [1.54, 1.807) is 37.6 Å². The number of nitriles is 1. The summed E-state index contributed by atoms with van der Waals surface area (Å²) in [5.74, 6) is 0. The van der Waals surface area contributed by atoms with E-state index in [9.17, 15) is 15.4 Å². The number of hydrogen-bond donors (Lipinski definition) is 0. The fraction of sp³-hybridized carbons (Fsp3) is 0.250. The first-order valence-electron chi connectivity index (χ1n) is 6.85. The van der Waals surface area contributed by atoms with Crippen molar-refractivity contribution in [3.05, 3.63) is 70.0 Å². The average Bonchev–Trinajstić information content (AvgIpc) is 2.55. The second-order valence-corrected chi connectivity index (χ2v) is 4.93. The number of para-hydroxylation sites is 1. The second-order valence-electron chi connectivity index (χ2n) is 4.93. The van der Waals surface area contributed by atoms with Gasteiger partial charge in [0.1, 0.15) is 6.04 Å². The molecule has 0 N–H and O–H groups in total. The molecule has 1 aromatic heterocycles. The van der Waals surface area contributed by atoms with Crippen molar-refractivity contribution in [3.63, 3.8) is 0 Å². The van der Waals surface area contributed by atoms with E-state index in [2.05, 4.69) is 11.1 Å². The summed E-state index contributed by atoms with van der Waals surface area (Å²) in [5.41, 5.74) is 1.51. The number of pyridine rings is 1. The molecule has 0 fully saturated rings. The normalized spacial score (nSPS) is 11.9. The van der Waals surface area contributed by atoms with Gasteiger partial charge in [-0.3, -0.25) is 20.0 Å². The summed E-state index contributed by atoms with van der Waals surface area (Å²) in [7, 11) is 1.80. The summed E-state index contributed by atoms with van der Waals surface area (Å²) in [6.45, 7) is 0.619. The SMILES string of the molecule is CN(CCc1ccncc1)C(C#N)c1ccccc1[N+](=O)[O-]. The highest BCUT2D eigenvalue weighted by Crippen LogP contribution is 2.28. The topological polar surface area (TPSA) is 83.1 Å². The first-order chi connectivity index (χ1) is 10.6. The quantitative estimate of drug-likeness (QED) is 0.604. The van der Waals surface area contributed by atoms with E-state index in [0.717, 1.165) is 12.0 Å². The Morgan fingerprint density at radius 2 is 2.00 bits per heavy atom. The predicted octanol–water partition coefficient (Wildman–Crippen LogP) is 2.73. The Balaban J connectivity index is 2.15. The lowest BCUT2D eigenvalue weighted by molar-refractivity contribution is -0.385. The summed E-state index contributed by atoms with van der Waals surface area (Å²) in [6.07, 6.45) is 4.19. The number of nitro groups is 1.